The quantitative estimate of drug-likeness (QED) is 0.924. The Morgan fingerprint density at radius 1 is 1.40 bits per heavy atom. The van der Waals surface area contributed by atoms with Crippen molar-refractivity contribution >= 4 is 5.82 Å². The fraction of sp³-hybridized carbons (Fsp3) is 0.438. The van der Waals surface area contributed by atoms with Gasteiger partial charge < -0.3 is 15.0 Å². The van der Waals surface area contributed by atoms with Crippen LogP contribution in [0.2, 0.25) is 0 Å². The van der Waals surface area contributed by atoms with Crippen LogP contribution in [-0.4, -0.2) is 12.3 Å². The van der Waals surface area contributed by atoms with Crippen molar-refractivity contribution in [3.63, 3.8) is 0 Å². The summed E-state index contributed by atoms with van der Waals surface area (Å²) in [5.74, 6) is 2.84. The highest BCUT2D eigenvalue weighted by Crippen LogP contribution is 2.40. The first-order chi connectivity index (χ1) is 9.69. The molecule has 0 amide bonds. The smallest absolute Gasteiger partial charge is 0.175 e. The molecule has 0 bridgehead atoms. The number of hydrogen-bond donors (Lipinski definition) is 1. The summed E-state index contributed by atoms with van der Waals surface area (Å²) >= 11 is 0. The van der Waals surface area contributed by atoms with Gasteiger partial charge in [-0.1, -0.05) is 36.0 Å². The third-order valence-corrected chi connectivity index (χ3v) is 4.11. The molecule has 1 aliphatic carbocycles. The molecule has 1 heterocycles. The van der Waals surface area contributed by atoms with Gasteiger partial charge in [-0.15, -0.1) is 0 Å². The van der Waals surface area contributed by atoms with Crippen LogP contribution in [0.15, 0.2) is 22.7 Å². The van der Waals surface area contributed by atoms with E-state index in [0.717, 1.165) is 34.6 Å². The third-order valence-electron chi connectivity index (χ3n) is 4.11. The SMILES string of the molecule is COc1ccc(C)cc1-c1c(N)noc1CC1CCC1. The van der Waals surface area contributed by atoms with Crippen LogP contribution in [0.1, 0.15) is 30.6 Å². The second kappa shape index (κ2) is 5.19. The molecule has 1 aromatic heterocycles. The molecular formula is C16H20N2O2. The number of methoxy groups -OCH3 is 1. The molecular weight excluding hydrogens is 252 g/mol. The van der Waals surface area contributed by atoms with Gasteiger partial charge in [-0.05, 0) is 25.0 Å². The first-order valence-electron chi connectivity index (χ1n) is 7.08. The minimum atomic E-state index is 0.447. The van der Waals surface area contributed by atoms with Crippen molar-refractivity contribution < 1.29 is 9.26 Å². The molecule has 20 heavy (non-hydrogen) atoms. The molecule has 106 valence electrons. The van der Waals surface area contributed by atoms with Crippen molar-refractivity contribution in [3.05, 3.63) is 29.5 Å². The predicted molar refractivity (Wildman–Crippen MR) is 78.7 cm³/mol. The number of hydrogen-bond acceptors (Lipinski definition) is 4. The van der Waals surface area contributed by atoms with E-state index in [-0.39, 0.29) is 0 Å². The summed E-state index contributed by atoms with van der Waals surface area (Å²) in [6, 6.07) is 6.06. The maximum absolute atomic E-state index is 6.02. The van der Waals surface area contributed by atoms with Crippen molar-refractivity contribution in [1.82, 2.24) is 5.16 Å². The van der Waals surface area contributed by atoms with Crippen molar-refractivity contribution in [3.8, 4) is 16.9 Å². The molecule has 1 fully saturated rings. The lowest BCUT2D eigenvalue weighted by Crippen LogP contribution is -2.13. The zero-order valence-electron chi connectivity index (χ0n) is 12.0. The van der Waals surface area contributed by atoms with Crippen LogP contribution in [0, 0.1) is 12.8 Å². The van der Waals surface area contributed by atoms with E-state index in [1.54, 1.807) is 7.11 Å². The van der Waals surface area contributed by atoms with Gasteiger partial charge >= 0.3 is 0 Å². The van der Waals surface area contributed by atoms with Crippen LogP contribution < -0.4 is 10.5 Å². The highest BCUT2D eigenvalue weighted by atomic mass is 16.5. The van der Waals surface area contributed by atoms with Gasteiger partial charge in [-0.2, -0.15) is 0 Å². The molecule has 1 aromatic carbocycles. The zero-order valence-corrected chi connectivity index (χ0v) is 12.0. The standard InChI is InChI=1S/C16H20N2O2/c1-10-6-7-13(19-2)12(8-10)15-14(20-18-16(15)17)9-11-4-3-5-11/h6-8,11H,3-5,9H2,1-2H3,(H2,17,18). The average Bonchev–Trinajstić information content (AvgIpc) is 2.75. The highest BCUT2D eigenvalue weighted by Gasteiger charge is 2.25. The second-order valence-electron chi connectivity index (χ2n) is 5.57. The van der Waals surface area contributed by atoms with E-state index in [1.807, 2.05) is 12.1 Å². The molecule has 3 rings (SSSR count). The Labute approximate surface area is 118 Å². The molecule has 0 saturated heterocycles. The molecule has 2 aromatic rings. The third kappa shape index (κ3) is 2.26. The Kier molecular flexibility index (Phi) is 3.38. The van der Waals surface area contributed by atoms with Gasteiger partial charge in [0, 0.05) is 12.0 Å². The number of rotatable bonds is 4. The summed E-state index contributed by atoms with van der Waals surface area (Å²) in [5, 5.41) is 3.96. The molecule has 0 unspecified atom stereocenters. The van der Waals surface area contributed by atoms with Crippen molar-refractivity contribution in [1.29, 1.82) is 0 Å². The van der Waals surface area contributed by atoms with E-state index < -0.39 is 0 Å². The Hall–Kier alpha value is -1.97. The Balaban J connectivity index is 2.04. The van der Waals surface area contributed by atoms with Gasteiger partial charge in [0.15, 0.2) is 5.82 Å². The van der Waals surface area contributed by atoms with Gasteiger partial charge in [-0.3, -0.25) is 0 Å². The van der Waals surface area contributed by atoms with Crippen LogP contribution >= 0.6 is 0 Å². The highest BCUT2D eigenvalue weighted by molar-refractivity contribution is 5.80. The number of ether oxygens (including phenoxy) is 1. The van der Waals surface area contributed by atoms with Gasteiger partial charge in [0.05, 0.1) is 12.7 Å². The van der Waals surface area contributed by atoms with Crippen molar-refractivity contribution in [2.75, 3.05) is 12.8 Å². The normalized spacial score (nSPS) is 15.1. The van der Waals surface area contributed by atoms with Gasteiger partial charge in [-0.25, -0.2) is 0 Å². The molecule has 1 saturated carbocycles. The number of nitrogens with zero attached hydrogens (tertiary/aromatic N) is 1. The minimum Gasteiger partial charge on any atom is -0.496 e. The van der Waals surface area contributed by atoms with E-state index in [4.69, 9.17) is 15.0 Å². The fourth-order valence-corrected chi connectivity index (χ4v) is 2.74. The lowest BCUT2D eigenvalue weighted by atomic mass is 9.81. The number of benzene rings is 1. The Morgan fingerprint density at radius 3 is 2.85 bits per heavy atom. The predicted octanol–water partition coefficient (Wildman–Crippen LogP) is 3.58. The summed E-state index contributed by atoms with van der Waals surface area (Å²) in [4.78, 5) is 0. The van der Waals surface area contributed by atoms with Gasteiger partial charge in [0.25, 0.3) is 0 Å². The van der Waals surface area contributed by atoms with E-state index in [1.165, 1.54) is 19.3 Å². The minimum absolute atomic E-state index is 0.447. The number of nitrogen functional groups attached to an aromatic ring is 1. The summed E-state index contributed by atoms with van der Waals surface area (Å²) in [6.07, 6.45) is 4.77. The van der Waals surface area contributed by atoms with E-state index in [0.29, 0.717) is 11.7 Å². The van der Waals surface area contributed by atoms with Crippen LogP contribution in [0.5, 0.6) is 5.75 Å². The second-order valence-corrected chi connectivity index (χ2v) is 5.57. The number of aromatic nitrogens is 1. The first kappa shape index (κ1) is 13.0. The molecule has 4 heteroatoms. The topological polar surface area (TPSA) is 61.3 Å². The van der Waals surface area contributed by atoms with Crippen molar-refractivity contribution in [2.45, 2.75) is 32.6 Å². The molecule has 0 atom stereocenters. The van der Waals surface area contributed by atoms with Gasteiger partial charge in [0.1, 0.15) is 11.5 Å². The first-order valence-corrected chi connectivity index (χ1v) is 7.08. The fourth-order valence-electron chi connectivity index (χ4n) is 2.74. The molecule has 0 radical (unpaired) electrons. The number of anilines is 1. The summed E-state index contributed by atoms with van der Waals surface area (Å²) in [6.45, 7) is 2.05. The monoisotopic (exact) mass is 272 g/mol. The van der Waals surface area contributed by atoms with E-state index in [2.05, 4.69) is 18.1 Å². The summed E-state index contributed by atoms with van der Waals surface area (Å²) in [5.41, 5.74) is 9.06. The molecule has 0 aliphatic heterocycles. The van der Waals surface area contributed by atoms with Crippen LogP contribution in [0.3, 0.4) is 0 Å². The van der Waals surface area contributed by atoms with Crippen LogP contribution in [-0.2, 0) is 6.42 Å². The van der Waals surface area contributed by atoms with Crippen LogP contribution in [0.4, 0.5) is 5.82 Å². The molecule has 1 aliphatic rings. The Bertz CT molecular complexity index is 615. The van der Waals surface area contributed by atoms with E-state index in [9.17, 15) is 0 Å². The van der Waals surface area contributed by atoms with Crippen molar-refractivity contribution in [2.24, 2.45) is 5.92 Å². The molecule has 0 spiro atoms. The molecule has 4 nitrogen and oxygen atoms in total. The Morgan fingerprint density at radius 2 is 2.20 bits per heavy atom. The summed E-state index contributed by atoms with van der Waals surface area (Å²) < 4.78 is 10.9. The lowest BCUT2D eigenvalue weighted by molar-refractivity contribution is 0.279. The van der Waals surface area contributed by atoms with Crippen LogP contribution in [0.25, 0.3) is 11.1 Å². The zero-order chi connectivity index (χ0) is 14.1. The number of aryl methyl sites for hydroxylation is 1. The average molecular weight is 272 g/mol. The molecule has 2 N–H and O–H groups in total. The largest absolute Gasteiger partial charge is 0.496 e. The maximum Gasteiger partial charge on any atom is 0.175 e. The number of nitrogens with two attached hydrogens (primary N) is 1. The summed E-state index contributed by atoms with van der Waals surface area (Å²) in [7, 11) is 1.67. The maximum atomic E-state index is 6.02. The van der Waals surface area contributed by atoms with Gasteiger partial charge in [0.2, 0.25) is 0 Å². The lowest BCUT2D eigenvalue weighted by Gasteiger charge is -2.24. The van der Waals surface area contributed by atoms with E-state index >= 15 is 0 Å².